The van der Waals surface area contributed by atoms with Gasteiger partial charge in [-0.15, -0.1) is 5.10 Å². The molecule has 3 aromatic heterocycles. The van der Waals surface area contributed by atoms with Crippen LogP contribution in [0.25, 0.3) is 17.2 Å². The number of carbonyl (C=O) groups is 2. The van der Waals surface area contributed by atoms with Crippen molar-refractivity contribution in [3.05, 3.63) is 91.9 Å². The predicted octanol–water partition coefficient (Wildman–Crippen LogP) is 4.79. The van der Waals surface area contributed by atoms with Crippen LogP contribution in [0.5, 0.6) is 5.75 Å². The molecule has 5 heterocycles. The molecule has 1 fully saturated rings. The highest BCUT2D eigenvalue weighted by atomic mass is 35.5. The van der Waals surface area contributed by atoms with Crippen molar-refractivity contribution >= 4 is 40.6 Å². The van der Waals surface area contributed by atoms with Crippen molar-refractivity contribution < 1.29 is 32.6 Å². The summed E-state index contributed by atoms with van der Waals surface area (Å²) in [6.07, 6.45) is -3.21. The molecule has 2 aliphatic rings. The molecule has 7 rings (SSSR count). The van der Waals surface area contributed by atoms with Gasteiger partial charge >= 0.3 is 6.18 Å². The fourth-order valence-corrected chi connectivity index (χ4v) is 6.88. The lowest BCUT2D eigenvalue weighted by molar-refractivity contribution is -0.137. The van der Waals surface area contributed by atoms with E-state index in [1.807, 2.05) is 36.9 Å². The van der Waals surface area contributed by atoms with E-state index < -0.39 is 35.7 Å². The number of aromatic hydroxyl groups is 1. The van der Waals surface area contributed by atoms with Crippen molar-refractivity contribution in [1.82, 2.24) is 34.0 Å². The molecule has 1 atom stereocenters. The Morgan fingerprint density at radius 1 is 1.09 bits per heavy atom. The number of alkyl halides is 3. The predicted molar refractivity (Wildman–Crippen MR) is 187 cm³/mol. The zero-order chi connectivity index (χ0) is 37.8. The van der Waals surface area contributed by atoms with Crippen LogP contribution in [0.2, 0.25) is 5.02 Å². The van der Waals surface area contributed by atoms with Crippen LogP contribution in [0.1, 0.15) is 58.5 Å². The third kappa shape index (κ3) is 6.65. The van der Waals surface area contributed by atoms with Gasteiger partial charge in [-0.3, -0.25) is 14.4 Å². The first kappa shape index (κ1) is 35.8. The summed E-state index contributed by atoms with van der Waals surface area (Å²) in [7, 11) is 0. The summed E-state index contributed by atoms with van der Waals surface area (Å²) < 4.78 is 48.2. The van der Waals surface area contributed by atoms with Crippen molar-refractivity contribution in [3.8, 4) is 17.1 Å². The molecule has 2 N–H and O–H groups in total. The van der Waals surface area contributed by atoms with Crippen LogP contribution in [0.15, 0.2) is 47.5 Å². The second-order valence-electron chi connectivity index (χ2n) is 12.7. The molecule has 0 radical (unpaired) electrons. The van der Waals surface area contributed by atoms with E-state index in [1.54, 1.807) is 11.5 Å². The lowest BCUT2D eigenvalue weighted by Crippen LogP contribution is -2.51. The Bertz CT molecular complexity index is 2340. The summed E-state index contributed by atoms with van der Waals surface area (Å²) in [5.41, 5.74) is 2.01. The number of fused-ring (bicyclic) bond motifs is 2. The number of ether oxygens (including phenoxy) is 1. The van der Waals surface area contributed by atoms with Crippen LogP contribution < -0.4 is 15.8 Å². The van der Waals surface area contributed by atoms with Gasteiger partial charge in [0.2, 0.25) is 11.7 Å². The van der Waals surface area contributed by atoms with Gasteiger partial charge in [0.05, 0.1) is 40.4 Å². The van der Waals surface area contributed by atoms with Crippen LogP contribution in [0.4, 0.5) is 24.5 Å². The first-order valence-electron chi connectivity index (χ1n) is 16.7. The van der Waals surface area contributed by atoms with Gasteiger partial charge in [0, 0.05) is 31.7 Å². The van der Waals surface area contributed by atoms with Gasteiger partial charge in [0.25, 0.3) is 11.5 Å². The monoisotopic (exact) mass is 751 g/mol. The molecule has 0 spiro atoms. The molecular formula is C35H33ClF3N9O5. The summed E-state index contributed by atoms with van der Waals surface area (Å²) in [5, 5.41) is 17.3. The number of amides is 2. The van der Waals surface area contributed by atoms with E-state index >= 15 is 0 Å². The largest absolute Gasteiger partial charge is 0.504 e. The third-order valence-electron chi connectivity index (χ3n) is 9.45. The molecule has 0 aliphatic carbocycles. The maximum Gasteiger partial charge on any atom is 0.416 e. The maximum atomic E-state index is 14.3. The van der Waals surface area contributed by atoms with E-state index in [0.29, 0.717) is 17.9 Å². The van der Waals surface area contributed by atoms with Crippen LogP contribution in [0, 0.1) is 6.92 Å². The SMILES string of the molecule is CCc1c(N2CCN(C(=O)c3ncnc(C)c3O)CC2)c(=O)n2nc(-c3ccc4c(c3)CO[C@@H]4C)nc2n1CC(=O)Nc1ccc(C(F)(F)F)cc1Cl. The molecule has 1 saturated heterocycles. The number of hydrogen-bond acceptors (Lipinski definition) is 10. The van der Waals surface area contributed by atoms with Crippen LogP contribution in [0.3, 0.4) is 0 Å². The molecule has 276 valence electrons. The Balaban J connectivity index is 1.26. The highest BCUT2D eigenvalue weighted by Crippen LogP contribution is 2.35. The van der Waals surface area contributed by atoms with E-state index in [9.17, 15) is 32.7 Å². The van der Waals surface area contributed by atoms with Crippen LogP contribution >= 0.6 is 11.6 Å². The van der Waals surface area contributed by atoms with Crippen LogP contribution in [-0.4, -0.2) is 77.1 Å². The quantitative estimate of drug-likeness (QED) is 0.237. The van der Waals surface area contributed by atoms with Gasteiger partial charge < -0.3 is 29.5 Å². The van der Waals surface area contributed by atoms with Crippen LogP contribution in [-0.2, 0) is 35.3 Å². The molecular weight excluding hydrogens is 719 g/mol. The minimum atomic E-state index is -4.62. The Morgan fingerprint density at radius 3 is 2.55 bits per heavy atom. The molecule has 53 heavy (non-hydrogen) atoms. The average Bonchev–Trinajstić information content (AvgIpc) is 3.75. The summed E-state index contributed by atoms with van der Waals surface area (Å²) in [6.45, 7) is 6.17. The van der Waals surface area contributed by atoms with Gasteiger partial charge in [-0.25, -0.2) is 9.97 Å². The van der Waals surface area contributed by atoms with Crippen molar-refractivity contribution in [3.63, 3.8) is 0 Å². The molecule has 0 bridgehead atoms. The fourth-order valence-electron chi connectivity index (χ4n) is 6.66. The lowest BCUT2D eigenvalue weighted by Gasteiger charge is -2.36. The second kappa shape index (κ2) is 13.8. The number of rotatable bonds is 7. The minimum absolute atomic E-state index is 0.0255. The number of nitrogens with one attached hydrogen (secondary N) is 1. The molecule has 0 unspecified atom stereocenters. The summed E-state index contributed by atoms with van der Waals surface area (Å²) in [5.74, 6) is -1.11. The van der Waals surface area contributed by atoms with Crippen molar-refractivity contribution in [2.45, 2.75) is 52.6 Å². The Labute approximate surface area is 304 Å². The smallest absolute Gasteiger partial charge is 0.416 e. The van der Waals surface area contributed by atoms with E-state index in [0.717, 1.165) is 33.8 Å². The molecule has 5 aromatic rings. The number of benzene rings is 2. The highest BCUT2D eigenvalue weighted by Gasteiger charge is 2.32. The maximum absolute atomic E-state index is 14.3. The molecule has 0 saturated carbocycles. The number of halogens is 4. The van der Waals surface area contributed by atoms with Crippen molar-refractivity contribution in [2.24, 2.45) is 0 Å². The zero-order valence-corrected chi connectivity index (χ0v) is 29.5. The standard InChI is InChI=1S/C35H33ClF3N9O5/c1-4-26-29(45-9-11-46(12-10-45)32(51)28-30(50)18(2)40-17-41-28)33(52)48-34(43-31(44-48)20-5-7-23-19(3)53-16-21(23)13-20)47(26)15-27(49)42-25-8-6-22(14-24(25)36)35(37,38)39/h5-8,13-14,17,19,50H,4,9-12,15-16H2,1-3H3,(H,42,49)/t19-/m1/s1. The van der Waals surface area contributed by atoms with Gasteiger partial charge in [-0.05, 0) is 55.7 Å². The number of anilines is 2. The summed E-state index contributed by atoms with van der Waals surface area (Å²) in [4.78, 5) is 57.1. The number of nitrogens with zero attached hydrogens (tertiary/aromatic N) is 8. The molecule has 2 aromatic carbocycles. The third-order valence-corrected chi connectivity index (χ3v) is 9.76. The summed E-state index contributed by atoms with van der Waals surface area (Å²) >= 11 is 6.14. The van der Waals surface area contributed by atoms with Gasteiger partial charge in [0.15, 0.2) is 17.3 Å². The lowest BCUT2D eigenvalue weighted by atomic mass is 10.0. The van der Waals surface area contributed by atoms with E-state index in [-0.39, 0.29) is 83.8 Å². The number of piperazine rings is 1. The molecule has 14 nitrogen and oxygen atoms in total. The molecule has 2 amide bonds. The van der Waals surface area contributed by atoms with E-state index in [1.165, 1.54) is 11.2 Å². The Hall–Kier alpha value is -5.55. The number of aryl methyl sites for hydroxylation is 1. The molecule has 2 aliphatic heterocycles. The summed E-state index contributed by atoms with van der Waals surface area (Å²) in [6, 6.07) is 8.29. The second-order valence-corrected chi connectivity index (χ2v) is 13.1. The first-order chi connectivity index (χ1) is 25.2. The van der Waals surface area contributed by atoms with Crippen molar-refractivity contribution in [1.29, 1.82) is 0 Å². The highest BCUT2D eigenvalue weighted by molar-refractivity contribution is 6.33. The van der Waals surface area contributed by atoms with E-state index in [4.69, 9.17) is 21.3 Å². The minimum Gasteiger partial charge on any atom is -0.504 e. The first-order valence-corrected chi connectivity index (χ1v) is 17.1. The fraction of sp³-hybridized carbons (Fsp3) is 0.343. The van der Waals surface area contributed by atoms with Gasteiger partial charge in [-0.1, -0.05) is 30.7 Å². The Kier molecular flexibility index (Phi) is 9.32. The number of aromatic nitrogens is 6. The zero-order valence-electron chi connectivity index (χ0n) is 28.7. The number of carbonyl (C=O) groups excluding carboxylic acids is 2. The van der Waals surface area contributed by atoms with Crippen molar-refractivity contribution in [2.75, 3.05) is 36.4 Å². The van der Waals surface area contributed by atoms with Gasteiger partial charge in [0.1, 0.15) is 18.6 Å². The van der Waals surface area contributed by atoms with Gasteiger partial charge in [-0.2, -0.15) is 22.7 Å². The normalized spacial score (nSPS) is 15.9. The van der Waals surface area contributed by atoms with E-state index in [2.05, 4.69) is 20.4 Å². The topological polar surface area (TPSA) is 160 Å². The molecule has 18 heteroatoms. The Morgan fingerprint density at radius 2 is 1.85 bits per heavy atom. The average molecular weight is 752 g/mol. The number of hydrogen-bond donors (Lipinski definition) is 2.